The van der Waals surface area contributed by atoms with Crippen LogP contribution in [0.1, 0.15) is 17.4 Å². The lowest BCUT2D eigenvalue weighted by Crippen LogP contribution is -2.33. The fourth-order valence-corrected chi connectivity index (χ4v) is 3.78. The van der Waals surface area contributed by atoms with E-state index in [0.29, 0.717) is 21.9 Å². The maximum atomic E-state index is 13.9. The van der Waals surface area contributed by atoms with Crippen LogP contribution in [-0.4, -0.2) is 22.5 Å². The van der Waals surface area contributed by atoms with Crippen LogP contribution in [0.2, 0.25) is 0 Å². The van der Waals surface area contributed by atoms with E-state index in [1.54, 1.807) is 59.9 Å². The van der Waals surface area contributed by atoms with Crippen molar-refractivity contribution in [2.24, 2.45) is 7.05 Å². The number of carbonyl (C=O) groups is 2. The van der Waals surface area contributed by atoms with Crippen molar-refractivity contribution in [3.8, 4) is 11.1 Å². The van der Waals surface area contributed by atoms with E-state index in [9.17, 15) is 31.9 Å². The highest BCUT2D eigenvalue weighted by Gasteiger charge is 2.28. The highest BCUT2D eigenvalue weighted by atomic mass is 19.2. The Labute approximate surface area is 201 Å². The Morgan fingerprint density at radius 3 is 2.06 bits per heavy atom. The summed E-state index contributed by atoms with van der Waals surface area (Å²) in [5.41, 5.74) is -1.06. The van der Waals surface area contributed by atoms with Gasteiger partial charge in [-0.05, 0) is 23.9 Å². The van der Waals surface area contributed by atoms with Crippen LogP contribution in [0.25, 0.3) is 21.9 Å². The Hall–Kier alpha value is -4.47. The molecule has 1 unspecified atom stereocenters. The summed E-state index contributed by atoms with van der Waals surface area (Å²) in [6.45, 7) is 1.10. The molecule has 0 bridgehead atoms. The van der Waals surface area contributed by atoms with Gasteiger partial charge >= 0.3 is 5.97 Å². The van der Waals surface area contributed by atoms with E-state index in [1.807, 2.05) is 0 Å². The van der Waals surface area contributed by atoms with Crippen molar-refractivity contribution in [1.82, 2.24) is 4.57 Å². The number of esters is 1. The van der Waals surface area contributed by atoms with Gasteiger partial charge in [-0.25, -0.2) is 22.4 Å². The van der Waals surface area contributed by atoms with Gasteiger partial charge in [-0.3, -0.25) is 9.59 Å². The molecule has 3 aromatic carbocycles. The molecule has 36 heavy (non-hydrogen) atoms. The molecule has 0 saturated carbocycles. The monoisotopic (exact) mass is 498 g/mol. The minimum absolute atomic E-state index is 0.00484. The Morgan fingerprint density at radius 1 is 0.889 bits per heavy atom. The molecule has 184 valence electrons. The first kappa shape index (κ1) is 24.6. The maximum absolute atomic E-state index is 13.9. The summed E-state index contributed by atoms with van der Waals surface area (Å²) in [5, 5.41) is 2.52. The van der Waals surface area contributed by atoms with E-state index in [2.05, 4.69) is 0 Å². The second-order valence-corrected chi connectivity index (χ2v) is 7.88. The molecule has 1 aromatic heterocycles. The number of nitrogens with zero attached hydrogens (tertiary/aromatic N) is 1. The number of ether oxygens (including phenoxy) is 1. The molecule has 0 aliphatic rings. The van der Waals surface area contributed by atoms with Gasteiger partial charge in [0, 0.05) is 24.1 Å². The first-order chi connectivity index (χ1) is 17.1. The summed E-state index contributed by atoms with van der Waals surface area (Å²) >= 11 is 0. The summed E-state index contributed by atoms with van der Waals surface area (Å²) in [7, 11) is 1.36. The number of hydrogen-bond acceptors (Lipinski definition) is 4. The van der Waals surface area contributed by atoms with Gasteiger partial charge in [-0.2, -0.15) is 0 Å². The normalized spacial score (nSPS) is 11.8. The quantitative estimate of drug-likeness (QED) is 0.240. The molecule has 0 radical (unpaired) electrons. The summed E-state index contributed by atoms with van der Waals surface area (Å²) in [6, 6.07) is 15.3. The van der Waals surface area contributed by atoms with E-state index in [0.717, 1.165) is 11.5 Å². The number of hydrogen-bond donors (Lipinski definition) is 1. The number of pyridine rings is 1. The molecule has 4 rings (SSSR count). The van der Waals surface area contributed by atoms with Gasteiger partial charge in [0.05, 0.1) is 0 Å². The first-order valence-corrected chi connectivity index (χ1v) is 10.6. The average molecular weight is 498 g/mol. The summed E-state index contributed by atoms with van der Waals surface area (Å²) in [6.07, 6.45) is -1.66. The topological polar surface area (TPSA) is 77.4 Å². The number of anilines is 1. The van der Waals surface area contributed by atoms with Crippen LogP contribution < -0.4 is 10.9 Å². The number of nitrogens with one attached hydrogen (secondary N) is 1. The third kappa shape index (κ3) is 4.33. The minimum atomic E-state index is -1.82. The van der Waals surface area contributed by atoms with Crippen LogP contribution in [-0.2, 0) is 16.6 Å². The zero-order chi connectivity index (χ0) is 26.1. The van der Waals surface area contributed by atoms with Crippen molar-refractivity contribution in [1.29, 1.82) is 0 Å². The minimum Gasteiger partial charge on any atom is -0.448 e. The third-order valence-corrected chi connectivity index (χ3v) is 5.57. The summed E-state index contributed by atoms with van der Waals surface area (Å²) in [5.74, 6) is -9.39. The number of benzene rings is 3. The summed E-state index contributed by atoms with van der Waals surface area (Å²) in [4.78, 5) is 38.7. The van der Waals surface area contributed by atoms with E-state index in [4.69, 9.17) is 4.74 Å². The molecule has 0 fully saturated rings. The Morgan fingerprint density at radius 2 is 1.44 bits per heavy atom. The predicted octanol–water partition coefficient (Wildman–Crippen LogP) is 4.95. The van der Waals surface area contributed by atoms with Crippen molar-refractivity contribution < 1.29 is 31.9 Å². The van der Waals surface area contributed by atoms with Gasteiger partial charge in [-0.1, -0.05) is 48.5 Å². The van der Waals surface area contributed by atoms with Crippen LogP contribution in [0.5, 0.6) is 0 Å². The molecule has 0 aliphatic heterocycles. The van der Waals surface area contributed by atoms with Crippen molar-refractivity contribution in [2.75, 3.05) is 5.32 Å². The van der Waals surface area contributed by atoms with Crippen molar-refractivity contribution in [3.05, 3.63) is 100.0 Å². The van der Waals surface area contributed by atoms with Gasteiger partial charge in [0.15, 0.2) is 29.4 Å². The number of rotatable bonds is 5. The van der Waals surface area contributed by atoms with Crippen LogP contribution in [0.15, 0.2) is 65.5 Å². The fourth-order valence-electron chi connectivity index (χ4n) is 3.78. The largest absolute Gasteiger partial charge is 0.448 e. The zero-order valence-electron chi connectivity index (χ0n) is 18.9. The molecule has 1 amide bonds. The van der Waals surface area contributed by atoms with Gasteiger partial charge in [0.1, 0.15) is 11.4 Å². The number of amides is 1. The molecule has 0 saturated heterocycles. The van der Waals surface area contributed by atoms with Gasteiger partial charge in [0.2, 0.25) is 0 Å². The Balaban J connectivity index is 1.73. The fraction of sp³-hybridized carbons (Fsp3) is 0.115. The van der Waals surface area contributed by atoms with Gasteiger partial charge in [-0.15, -0.1) is 0 Å². The highest BCUT2D eigenvalue weighted by molar-refractivity contribution is 6.07. The van der Waals surface area contributed by atoms with E-state index in [1.165, 1.54) is 7.05 Å². The Bertz CT molecular complexity index is 1540. The van der Waals surface area contributed by atoms with Crippen molar-refractivity contribution >= 4 is 28.3 Å². The molecule has 0 spiro atoms. The summed E-state index contributed by atoms with van der Waals surface area (Å²) < 4.78 is 61.1. The van der Waals surface area contributed by atoms with Crippen LogP contribution in [0, 0.1) is 23.3 Å². The van der Waals surface area contributed by atoms with Crippen LogP contribution >= 0.6 is 0 Å². The number of fused-ring (bicyclic) bond motifs is 1. The molecular formula is C26H18F4N2O4. The average Bonchev–Trinajstić information content (AvgIpc) is 2.87. The second kappa shape index (κ2) is 9.65. The zero-order valence-corrected chi connectivity index (χ0v) is 18.9. The molecular weight excluding hydrogens is 480 g/mol. The molecule has 6 nitrogen and oxygen atoms in total. The number of carbonyl (C=O) groups excluding carboxylic acids is 2. The van der Waals surface area contributed by atoms with Crippen molar-refractivity contribution in [2.45, 2.75) is 13.0 Å². The van der Waals surface area contributed by atoms with Gasteiger partial charge < -0.3 is 14.6 Å². The molecule has 1 N–H and O–H groups in total. The lowest BCUT2D eigenvalue weighted by Gasteiger charge is -2.19. The smallest absolute Gasteiger partial charge is 0.356 e. The first-order valence-electron chi connectivity index (χ1n) is 10.6. The molecule has 1 heterocycles. The number of halogens is 4. The van der Waals surface area contributed by atoms with E-state index in [-0.39, 0.29) is 11.8 Å². The molecule has 4 aromatic rings. The molecule has 0 aliphatic carbocycles. The third-order valence-electron chi connectivity index (χ3n) is 5.57. The predicted molar refractivity (Wildman–Crippen MR) is 124 cm³/mol. The molecule has 10 heteroatoms. The van der Waals surface area contributed by atoms with Crippen LogP contribution in [0.3, 0.4) is 0 Å². The highest BCUT2D eigenvalue weighted by Crippen LogP contribution is 2.31. The Kier molecular flexibility index (Phi) is 6.61. The van der Waals surface area contributed by atoms with Crippen LogP contribution in [0.4, 0.5) is 23.2 Å². The maximum Gasteiger partial charge on any atom is 0.356 e. The van der Waals surface area contributed by atoms with Crippen molar-refractivity contribution in [3.63, 3.8) is 0 Å². The van der Waals surface area contributed by atoms with E-state index < -0.39 is 52.5 Å². The standard InChI is InChI=1S/C26H18F4N2O4/c1-13(24(33)31-22-20(29)17(27)12-18(28)21(22)30)36-26(35)23-19(14-8-4-3-5-9-14)15-10-6-7-11-16(15)25(34)32(23)2/h3-13H,1-2H3,(H,31,33). The lowest BCUT2D eigenvalue weighted by molar-refractivity contribution is -0.123. The number of aromatic nitrogens is 1. The lowest BCUT2D eigenvalue weighted by atomic mass is 9.97. The SMILES string of the molecule is CC(OC(=O)c1c(-c2ccccc2)c2ccccc2c(=O)n1C)C(=O)Nc1c(F)c(F)cc(F)c1F. The van der Waals surface area contributed by atoms with Gasteiger partial charge in [0.25, 0.3) is 11.5 Å². The second-order valence-electron chi connectivity index (χ2n) is 7.88. The molecule has 1 atom stereocenters. The van der Waals surface area contributed by atoms with E-state index >= 15 is 0 Å².